The van der Waals surface area contributed by atoms with Gasteiger partial charge in [-0.3, -0.25) is 15.0 Å². The van der Waals surface area contributed by atoms with Crippen LogP contribution in [0.3, 0.4) is 0 Å². The van der Waals surface area contributed by atoms with Crippen LogP contribution in [0.4, 0.5) is 10.1 Å². The number of rotatable bonds is 5. The number of likely N-dealkylation sites (tertiary alicyclic amines) is 1. The molecule has 0 bridgehead atoms. The molecule has 2 saturated carbocycles. The second kappa shape index (κ2) is 10.9. The molecule has 3 fully saturated rings. The highest BCUT2D eigenvalue weighted by molar-refractivity contribution is 6.30. The molecule has 0 aromatic heterocycles. The summed E-state index contributed by atoms with van der Waals surface area (Å²) < 4.78 is 14.5. The number of hydrogen-bond donors (Lipinski definition) is 2. The Kier molecular flexibility index (Phi) is 7.42. The molecule has 2 aliphatic carbocycles. The molecule has 2 aliphatic heterocycles. The first-order valence-electron chi connectivity index (χ1n) is 14.1. The van der Waals surface area contributed by atoms with Gasteiger partial charge in [-0.1, -0.05) is 62.3 Å². The SMILES string of the molecule is O=C(NCc1ccc(Cl)cc1)C1[C@H]2CN(C3NCN(C4CCCCCCCC4)c4ccc(F)cc43)C[C@@H]12. The molecule has 198 valence electrons. The van der Waals surface area contributed by atoms with Crippen LogP contribution in [0.2, 0.25) is 5.02 Å². The topological polar surface area (TPSA) is 47.6 Å². The summed E-state index contributed by atoms with van der Waals surface area (Å²) in [6.45, 7) is 3.08. The predicted molar refractivity (Wildman–Crippen MR) is 146 cm³/mol. The van der Waals surface area contributed by atoms with Crippen molar-refractivity contribution in [3.8, 4) is 0 Å². The molecule has 2 unspecified atom stereocenters. The molecule has 37 heavy (non-hydrogen) atoms. The van der Waals surface area contributed by atoms with Crippen molar-refractivity contribution >= 4 is 23.2 Å². The molecule has 7 heteroatoms. The highest BCUT2D eigenvalue weighted by atomic mass is 35.5. The van der Waals surface area contributed by atoms with Gasteiger partial charge in [-0.05, 0) is 60.6 Å². The maximum absolute atomic E-state index is 14.5. The van der Waals surface area contributed by atoms with Crippen molar-refractivity contribution in [3.05, 3.63) is 64.4 Å². The van der Waals surface area contributed by atoms with E-state index in [0.717, 1.165) is 30.9 Å². The standard InChI is InChI=1S/C30H38ClFN4O/c31-21-11-9-20(10-12-21)16-33-30(37)28-25-17-35(18-26(25)28)29-24-15-22(32)13-14-27(24)36(19-34-29)23-7-5-3-1-2-4-6-8-23/h9-15,23,25-26,28-29,34H,1-8,16-19H2,(H,33,37)/t25-,26+,28?,29?. The Labute approximate surface area is 224 Å². The Morgan fingerprint density at radius 3 is 2.35 bits per heavy atom. The predicted octanol–water partition coefficient (Wildman–Crippen LogP) is 5.84. The van der Waals surface area contributed by atoms with Gasteiger partial charge in [0.15, 0.2) is 0 Å². The van der Waals surface area contributed by atoms with E-state index in [0.29, 0.717) is 29.4 Å². The maximum Gasteiger partial charge on any atom is 0.224 e. The minimum absolute atomic E-state index is 0.00358. The van der Waals surface area contributed by atoms with Crippen LogP contribution in [-0.4, -0.2) is 36.6 Å². The molecule has 0 spiro atoms. The molecular weight excluding hydrogens is 487 g/mol. The zero-order chi connectivity index (χ0) is 25.4. The van der Waals surface area contributed by atoms with Gasteiger partial charge in [0, 0.05) is 47.9 Å². The zero-order valence-electron chi connectivity index (χ0n) is 21.5. The molecule has 2 heterocycles. The Hall–Kier alpha value is -2.15. The Bertz CT molecular complexity index is 1090. The number of piperidine rings is 1. The van der Waals surface area contributed by atoms with E-state index in [4.69, 9.17) is 11.6 Å². The fraction of sp³-hybridized carbons (Fsp3) is 0.567. The first-order valence-corrected chi connectivity index (χ1v) is 14.5. The first kappa shape index (κ1) is 25.1. The van der Waals surface area contributed by atoms with Crippen molar-refractivity contribution in [3.63, 3.8) is 0 Å². The van der Waals surface area contributed by atoms with E-state index in [1.807, 2.05) is 30.3 Å². The van der Waals surface area contributed by atoms with Crippen molar-refractivity contribution in [2.45, 2.75) is 70.1 Å². The van der Waals surface area contributed by atoms with Crippen LogP contribution >= 0.6 is 11.6 Å². The van der Waals surface area contributed by atoms with Crippen LogP contribution in [0.5, 0.6) is 0 Å². The van der Waals surface area contributed by atoms with E-state index in [1.165, 1.54) is 57.1 Å². The second-order valence-corrected chi connectivity index (χ2v) is 11.9. The Balaban J connectivity index is 1.09. The molecule has 6 rings (SSSR count). The molecule has 2 aromatic rings. The van der Waals surface area contributed by atoms with Crippen LogP contribution < -0.4 is 15.5 Å². The zero-order valence-corrected chi connectivity index (χ0v) is 22.2. The van der Waals surface area contributed by atoms with Crippen molar-refractivity contribution in [1.82, 2.24) is 15.5 Å². The smallest absolute Gasteiger partial charge is 0.224 e. The third-order valence-corrected chi connectivity index (χ3v) is 9.34. The van der Waals surface area contributed by atoms with Gasteiger partial charge >= 0.3 is 0 Å². The number of fused-ring (bicyclic) bond motifs is 2. The summed E-state index contributed by atoms with van der Waals surface area (Å²) in [7, 11) is 0. The van der Waals surface area contributed by atoms with E-state index in [-0.39, 0.29) is 23.8 Å². The minimum atomic E-state index is -0.175. The number of carbonyl (C=O) groups is 1. The number of halogens is 2. The fourth-order valence-electron chi connectivity index (χ4n) is 7.03. The minimum Gasteiger partial charge on any atom is -0.355 e. The summed E-state index contributed by atoms with van der Waals surface area (Å²) in [5.74, 6) is 0.840. The number of amides is 1. The number of nitrogens with one attached hydrogen (secondary N) is 2. The summed E-state index contributed by atoms with van der Waals surface area (Å²) in [4.78, 5) is 17.8. The largest absolute Gasteiger partial charge is 0.355 e. The monoisotopic (exact) mass is 524 g/mol. The summed E-state index contributed by atoms with van der Waals surface area (Å²) in [6.07, 6.45) is 10.3. The Morgan fingerprint density at radius 1 is 0.973 bits per heavy atom. The summed E-state index contributed by atoms with van der Waals surface area (Å²) >= 11 is 5.96. The molecular formula is C30H38ClFN4O. The van der Waals surface area contributed by atoms with Crippen LogP contribution in [-0.2, 0) is 11.3 Å². The van der Waals surface area contributed by atoms with Gasteiger partial charge in [0.25, 0.3) is 0 Å². The van der Waals surface area contributed by atoms with Crippen LogP contribution in [0.15, 0.2) is 42.5 Å². The molecule has 4 atom stereocenters. The second-order valence-electron chi connectivity index (χ2n) is 11.4. The van der Waals surface area contributed by atoms with Crippen LogP contribution in [0, 0.1) is 23.6 Å². The number of benzene rings is 2. The lowest BCUT2D eigenvalue weighted by atomic mass is 9.98. The number of anilines is 1. The average molecular weight is 525 g/mol. The van der Waals surface area contributed by atoms with Gasteiger partial charge in [0.2, 0.25) is 5.91 Å². The number of carbonyl (C=O) groups excluding carboxylic acids is 1. The van der Waals surface area contributed by atoms with E-state index in [2.05, 4.69) is 20.4 Å². The molecule has 1 saturated heterocycles. The highest BCUT2D eigenvalue weighted by Gasteiger charge is 2.60. The molecule has 1 amide bonds. The van der Waals surface area contributed by atoms with E-state index < -0.39 is 0 Å². The molecule has 0 radical (unpaired) electrons. The van der Waals surface area contributed by atoms with Gasteiger partial charge < -0.3 is 10.2 Å². The molecule has 5 nitrogen and oxygen atoms in total. The maximum atomic E-state index is 14.5. The third-order valence-electron chi connectivity index (χ3n) is 9.08. The van der Waals surface area contributed by atoms with E-state index in [1.54, 1.807) is 12.1 Å². The van der Waals surface area contributed by atoms with Crippen molar-refractivity contribution in [1.29, 1.82) is 0 Å². The summed E-state index contributed by atoms with van der Waals surface area (Å²) in [5, 5.41) is 7.57. The van der Waals surface area contributed by atoms with Crippen LogP contribution in [0.25, 0.3) is 0 Å². The number of nitrogens with zero attached hydrogens (tertiary/aromatic N) is 2. The lowest BCUT2D eigenvalue weighted by Crippen LogP contribution is -2.52. The van der Waals surface area contributed by atoms with E-state index in [9.17, 15) is 9.18 Å². The van der Waals surface area contributed by atoms with E-state index >= 15 is 0 Å². The van der Waals surface area contributed by atoms with Gasteiger partial charge in [-0.25, -0.2) is 4.39 Å². The van der Waals surface area contributed by atoms with Crippen molar-refractivity contribution in [2.75, 3.05) is 24.7 Å². The van der Waals surface area contributed by atoms with Gasteiger partial charge in [0.1, 0.15) is 5.82 Å². The lowest BCUT2D eigenvalue weighted by molar-refractivity contribution is -0.123. The molecule has 2 aromatic carbocycles. The highest BCUT2D eigenvalue weighted by Crippen LogP contribution is 2.54. The normalized spacial score (nSPS) is 28.5. The summed E-state index contributed by atoms with van der Waals surface area (Å²) in [5.41, 5.74) is 3.29. The van der Waals surface area contributed by atoms with Gasteiger partial charge in [-0.15, -0.1) is 0 Å². The van der Waals surface area contributed by atoms with Crippen molar-refractivity contribution < 1.29 is 9.18 Å². The fourth-order valence-corrected chi connectivity index (χ4v) is 7.15. The quantitative estimate of drug-likeness (QED) is 0.515. The van der Waals surface area contributed by atoms with Gasteiger partial charge in [0.05, 0.1) is 12.8 Å². The third kappa shape index (κ3) is 5.39. The van der Waals surface area contributed by atoms with Gasteiger partial charge in [-0.2, -0.15) is 0 Å². The lowest BCUT2D eigenvalue weighted by Gasteiger charge is -2.44. The van der Waals surface area contributed by atoms with Crippen molar-refractivity contribution in [2.24, 2.45) is 17.8 Å². The first-order chi connectivity index (χ1) is 18.1. The van der Waals surface area contributed by atoms with Crippen LogP contribution in [0.1, 0.15) is 68.7 Å². The average Bonchev–Trinajstić information content (AvgIpc) is 3.35. The molecule has 2 N–H and O–H groups in total. The summed E-state index contributed by atoms with van der Waals surface area (Å²) in [6, 6.07) is 13.5. The molecule has 4 aliphatic rings. The number of hydrogen-bond acceptors (Lipinski definition) is 4. The Morgan fingerprint density at radius 2 is 1.65 bits per heavy atom.